The number of nitrogens with one attached hydrogen (secondary N) is 1. The van der Waals surface area contributed by atoms with E-state index in [4.69, 9.17) is 4.52 Å². The van der Waals surface area contributed by atoms with Crippen molar-refractivity contribution < 1.29 is 9.32 Å². The molecule has 1 amide bonds. The minimum absolute atomic E-state index is 0.0528. The van der Waals surface area contributed by atoms with Gasteiger partial charge in [0.2, 0.25) is 0 Å². The Balaban J connectivity index is 1.50. The van der Waals surface area contributed by atoms with Crippen LogP contribution in [0.15, 0.2) is 27.9 Å². The first-order valence-corrected chi connectivity index (χ1v) is 10.6. The molecule has 1 aliphatic heterocycles. The fourth-order valence-corrected chi connectivity index (χ4v) is 4.45. The highest BCUT2D eigenvalue weighted by molar-refractivity contribution is 7.98. The molecule has 27 heavy (non-hydrogen) atoms. The Morgan fingerprint density at radius 3 is 2.85 bits per heavy atom. The van der Waals surface area contributed by atoms with Crippen molar-refractivity contribution in [1.29, 1.82) is 0 Å². The van der Waals surface area contributed by atoms with Crippen molar-refractivity contribution in [3.63, 3.8) is 0 Å². The second kappa shape index (κ2) is 9.90. The normalized spacial score (nSPS) is 15.0. The first-order chi connectivity index (χ1) is 13.1. The fourth-order valence-electron chi connectivity index (χ4n) is 3.31. The van der Waals surface area contributed by atoms with Gasteiger partial charge in [0, 0.05) is 24.1 Å². The lowest BCUT2D eigenvalue weighted by molar-refractivity contribution is 0.0947. The molecule has 0 atom stereocenters. The van der Waals surface area contributed by atoms with Crippen molar-refractivity contribution >= 4 is 17.7 Å². The van der Waals surface area contributed by atoms with Gasteiger partial charge in [0.25, 0.3) is 5.91 Å². The van der Waals surface area contributed by atoms with Gasteiger partial charge in [0.15, 0.2) is 0 Å². The maximum absolute atomic E-state index is 12.6. The molecule has 2 aromatic heterocycles. The van der Waals surface area contributed by atoms with Crippen LogP contribution in [0.5, 0.6) is 0 Å². The number of carbonyl (C=O) groups is 1. The Bertz CT molecular complexity index is 737. The molecule has 146 valence electrons. The number of rotatable bonds is 8. The van der Waals surface area contributed by atoms with Crippen LogP contribution in [-0.2, 0) is 5.75 Å². The topological polar surface area (TPSA) is 71.3 Å². The van der Waals surface area contributed by atoms with E-state index in [2.05, 4.69) is 20.4 Å². The summed E-state index contributed by atoms with van der Waals surface area (Å²) in [6.45, 7) is 7.97. The average molecular weight is 389 g/mol. The molecule has 1 saturated heterocycles. The Hall–Kier alpha value is -1.86. The molecule has 3 rings (SSSR count). The van der Waals surface area contributed by atoms with Crippen LogP contribution < -0.4 is 5.32 Å². The van der Waals surface area contributed by atoms with E-state index in [9.17, 15) is 4.79 Å². The van der Waals surface area contributed by atoms with E-state index in [0.29, 0.717) is 17.9 Å². The van der Waals surface area contributed by atoms with Gasteiger partial charge >= 0.3 is 0 Å². The summed E-state index contributed by atoms with van der Waals surface area (Å²) in [7, 11) is 0. The molecular weight excluding hydrogens is 360 g/mol. The molecule has 1 aliphatic rings. The molecule has 0 bridgehead atoms. The van der Waals surface area contributed by atoms with Crippen LogP contribution in [0.25, 0.3) is 0 Å². The summed E-state index contributed by atoms with van der Waals surface area (Å²) in [5, 5.41) is 7.77. The molecule has 3 heterocycles. The summed E-state index contributed by atoms with van der Waals surface area (Å²) in [5.41, 5.74) is 2.59. The molecule has 7 heteroatoms. The summed E-state index contributed by atoms with van der Waals surface area (Å²) in [4.78, 5) is 19.5. The number of hydrogen-bond acceptors (Lipinski definition) is 6. The van der Waals surface area contributed by atoms with Crippen molar-refractivity contribution in [3.8, 4) is 0 Å². The number of pyridine rings is 1. The molecule has 6 nitrogen and oxygen atoms in total. The maximum atomic E-state index is 12.6. The van der Waals surface area contributed by atoms with E-state index in [1.807, 2.05) is 26.0 Å². The van der Waals surface area contributed by atoms with Crippen LogP contribution in [0.3, 0.4) is 0 Å². The third kappa shape index (κ3) is 5.56. The number of amides is 1. The highest BCUT2D eigenvalue weighted by Crippen LogP contribution is 2.27. The minimum atomic E-state index is -0.0528. The maximum Gasteiger partial charge on any atom is 0.254 e. The number of aryl methyl sites for hydroxylation is 2. The lowest BCUT2D eigenvalue weighted by Crippen LogP contribution is -2.33. The zero-order chi connectivity index (χ0) is 19.1. The zero-order valence-electron chi connectivity index (χ0n) is 16.2. The van der Waals surface area contributed by atoms with Crippen LogP contribution in [0.1, 0.15) is 53.1 Å². The Morgan fingerprint density at radius 2 is 2.11 bits per heavy atom. The largest absolute Gasteiger partial charge is 0.361 e. The van der Waals surface area contributed by atoms with E-state index < -0.39 is 0 Å². The number of nitrogens with zero attached hydrogens (tertiary/aromatic N) is 3. The number of aromatic nitrogens is 2. The average Bonchev–Trinajstić information content (AvgIpc) is 3.02. The molecule has 0 spiro atoms. The van der Waals surface area contributed by atoms with E-state index in [0.717, 1.165) is 35.0 Å². The van der Waals surface area contributed by atoms with Crippen LogP contribution in [0.4, 0.5) is 0 Å². The highest BCUT2D eigenvalue weighted by atomic mass is 32.2. The zero-order valence-corrected chi connectivity index (χ0v) is 17.0. The standard InChI is InChI=1S/C20H28N4O2S/c1-15-18(16(2)26-23-15)14-27-20-17(8-6-9-22-20)19(25)21-10-7-13-24-11-4-3-5-12-24/h6,8-9H,3-5,7,10-14H2,1-2H3,(H,21,25). The third-order valence-corrected chi connectivity index (χ3v) is 5.97. The van der Waals surface area contributed by atoms with Crippen molar-refractivity contribution in [2.24, 2.45) is 0 Å². The lowest BCUT2D eigenvalue weighted by Gasteiger charge is -2.26. The van der Waals surface area contributed by atoms with Gasteiger partial charge in [-0.15, -0.1) is 11.8 Å². The predicted octanol–water partition coefficient (Wildman–Crippen LogP) is 3.58. The highest BCUT2D eigenvalue weighted by Gasteiger charge is 2.15. The first-order valence-electron chi connectivity index (χ1n) is 9.65. The van der Waals surface area contributed by atoms with Gasteiger partial charge in [-0.2, -0.15) is 0 Å². The van der Waals surface area contributed by atoms with Crippen molar-refractivity contribution in [2.45, 2.75) is 50.3 Å². The Kier molecular flexibility index (Phi) is 7.29. The summed E-state index contributed by atoms with van der Waals surface area (Å²) >= 11 is 1.54. The quantitative estimate of drug-likeness (QED) is 0.550. The Morgan fingerprint density at radius 1 is 1.30 bits per heavy atom. The van der Waals surface area contributed by atoms with Crippen molar-refractivity contribution in [1.82, 2.24) is 20.4 Å². The van der Waals surface area contributed by atoms with E-state index in [-0.39, 0.29) is 5.91 Å². The van der Waals surface area contributed by atoms with Gasteiger partial charge in [0.1, 0.15) is 10.8 Å². The lowest BCUT2D eigenvalue weighted by atomic mass is 10.1. The predicted molar refractivity (Wildman–Crippen MR) is 107 cm³/mol. The molecule has 0 aromatic carbocycles. The second-order valence-corrected chi connectivity index (χ2v) is 7.92. The first kappa shape index (κ1) is 19.9. The van der Waals surface area contributed by atoms with Crippen LogP contribution in [-0.4, -0.2) is 47.1 Å². The van der Waals surface area contributed by atoms with Crippen LogP contribution >= 0.6 is 11.8 Å². The Labute approximate surface area is 165 Å². The second-order valence-electron chi connectivity index (χ2n) is 6.96. The van der Waals surface area contributed by atoms with Gasteiger partial charge in [0.05, 0.1) is 11.3 Å². The molecule has 0 aliphatic carbocycles. The van der Waals surface area contributed by atoms with Gasteiger partial charge in [-0.25, -0.2) is 4.98 Å². The van der Waals surface area contributed by atoms with Crippen LogP contribution in [0.2, 0.25) is 0 Å². The molecule has 2 aromatic rings. The molecular formula is C20H28N4O2S. The summed E-state index contributed by atoms with van der Waals surface area (Å²) in [5.74, 6) is 1.45. The fraction of sp³-hybridized carbons (Fsp3) is 0.550. The van der Waals surface area contributed by atoms with Gasteiger partial charge in [-0.1, -0.05) is 11.6 Å². The molecule has 1 fully saturated rings. The number of piperidine rings is 1. The third-order valence-electron chi connectivity index (χ3n) is 4.94. The smallest absolute Gasteiger partial charge is 0.254 e. The van der Waals surface area contributed by atoms with Gasteiger partial charge < -0.3 is 14.7 Å². The van der Waals surface area contributed by atoms with Crippen LogP contribution in [0, 0.1) is 13.8 Å². The van der Waals surface area contributed by atoms with E-state index >= 15 is 0 Å². The van der Waals surface area contributed by atoms with Gasteiger partial charge in [-0.05, 0) is 64.9 Å². The van der Waals surface area contributed by atoms with E-state index in [1.54, 1.807) is 18.0 Å². The summed E-state index contributed by atoms with van der Waals surface area (Å²) < 4.78 is 5.21. The summed E-state index contributed by atoms with van der Waals surface area (Å²) in [6, 6.07) is 3.64. The van der Waals surface area contributed by atoms with Gasteiger partial charge in [-0.3, -0.25) is 4.79 Å². The molecule has 0 saturated carbocycles. The molecule has 0 radical (unpaired) electrons. The molecule has 1 N–H and O–H groups in total. The number of hydrogen-bond donors (Lipinski definition) is 1. The monoisotopic (exact) mass is 388 g/mol. The van der Waals surface area contributed by atoms with Crippen molar-refractivity contribution in [3.05, 3.63) is 40.9 Å². The minimum Gasteiger partial charge on any atom is -0.361 e. The SMILES string of the molecule is Cc1noc(C)c1CSc1ncccc1C(=O)NCCCN1CCCCC1. The van der Waals surface area contributed by atoms with E-state index in [1.165, 1.54) is 32.4 Å². The van der Waals surface area contributed by atoms with Crippen molar-refractivity contribution in [2.75, 3.05) is 26.2 Å². The number of carbonyl (C=O) groups excluding carboxylic acids is 1. The number of likely N-dealkylation sites (tertiary alicyclic amines) is 1. The summed E-state index contributed by atoms with van der Waals surface area (Å²) in [6.07, 6.45) is 6.65. The number of thioether (sulfide) groups is 1. The molecule has 0 unspecified atom stereocenters.